The summed E-state index contributed by atoms with van der Waals surface area (Å²) in [6.45, 7) is 4.68. The van der Waals surface area contributed by atoms with Crippen LogP contribution in [0.3, 0.4) is 0 Å². The lowest BCUT2D eigenvalue weighted by atomic mass is 9.97. The molecule has 144 valence electrons. The fraction of sp³-hybridized carbons (Fsp3) is 0.450. The lowest BCUT2D eigenvalue weighted by molar-refractivity contribution is -0.120. The summed E-state index contributed by atoms with van der Waals surface area (Å²) in [5.74, 6) is 0.0554. The Labute approximate surface area is 169 Å². The minimum Gasteiger partial charge on any atom is -0.355 e. The smallest absolute Gasteiger partial charge is 0.233 e. The number of thioether (sulfide) groups is 1. The Morgan fingerprint density at radius 1 is 1.33 bits per heavy atom. The lowest BCUT2D eigenvalue weighted by Crippen LogP contribution is -2.31. The molecule has 7 heteroatoms. The monoisotopic (exact) mass is 402 g/mol. The highest BCUT2D eigenvalue weighted by atomic mass is 32.2. The van der Waals surface area contributed by atoms with Crippen LogP contribution in [0.4, 0.5) is 10.8 Å². The lowest BCUT2D eigenvalue weighted by Gasteiger charge is -2.14. The maximum absolute atomic E-state index is 12.3. The number of hydrogen-bond acceptors (Lipinski definition) is 6. The second kappa shape index (κ2) is 9.90. The van der Waals surface area contributed by atoms with Crippen LogP contribution in [0.5, 0.6) is 0 Å². The van der Waals surface area contributed by atoms with Gasteiger partial charge in [-0.1, -0.05) is 46.9 Å². The van der Waals surface area contributed by atoms with Crippen molar-refractivity contribution in [1.29, 1.82) is 0 Å². The standard InChI is InChI=1S/C20H26N4OS2/c1-14-7-6-10-17(13-14)22-19-23-24-20(27-19)26-15(2)18(25)21-12-11-16-8-4-3-5-9-16/h6-8,10,13,15H,3-5,9,11-12H2,1-2H3,(H,21,25)(H,22,23)/t15-/m0/s1. The van der Waals surface area contributed by atoms with E-state index in [1.54, 1.807) is 0 Å². The van der Waals surface area contributed by atoms with Crippen molar-refractivity contribution in [3.8, 4) is 0 Å². The van der Waals surface area contributed by atoms with Crippen molar-refractivity contribution in [2.24, 2.45) is 0 Å². The fourth-order valence-electron chi connectivity index (χ4n) is 2.98. The Kier molecular flexibility index (Phi) is 7.29. The van der Waals surface area contributed by atoms with Gasteiger partial charge in [0.05, 0.1) is 5.25 Å². The first-order chi connectivity index (χ1) is 13.1. The van der Waals surface area contributed by atoms with Crippen LogP contribution in [-0.4, -0.2) is 27.9 Å². The summed E-state index contributed by atoms with van der Waals surface area (Å²) in [6, 6.07) is 8.12. The Morgan fingerprint density at radius 3 is 3.00 bits per heavy atom. The van der Waals surface area contributed by atoms with E-state index in [4.69, 9.17) is 0 Å². The van der Waals surface area contributed by atoms with Gasteiger partial charge in [-0.2, -0.15) is 0 Å². The van der Waals surface area contributed by atoms with Gasteiger partial charge in [0.2, 0.25) is 11.0 Å². The van der Waals surface area contributed by atoms with Crippen molar-refractivity contribution in [2.75, 3.05) is 11.9 Å². The number of benzene rings is 1. The number of carbonyl (C=O) groups is 1. The zero-order valence-corrected chi connectivity index (χ0v) is 17.5. The molecule has 2 N–H and O–H groups in total. The van der Waals surface area contributed by atoms with Crippen molar-refractivity contribution in [3.05, 3.63) is 41.5 Å². The summed E-state index contributed by atoms with van der Waals surface area (Å²) in [7, 11) is 0. The first kappa shape index (κ1) is 19.9. The van der Waals surface area contributed by atoms with E-state index in [-0.39, 0.29) is 11.2 Å². The van der Waals surface area contributed by atoms with Crippen LogP contribution >= 0.6 is 23.1 Å². The second-order valence-electron chi connectivity index (χ2n) is 6.78. The normalized spacial score (nSPS) is 15.1. The average Bonchev–Trinajstić information content (AvgIpc) is 3.09. The average molecular weight is 403 g/mol. The molecule has 0 aliphatic heterocycles. The summed E-state index contributed by atoms with van der Waals surface area (Å²) in [5.41, 5.74) is 3.66. The number of nitrogens with one attached hydrogen (secondary N) is 2. The molecular formula is C20H26N4OS2. The number of aromatic nitrogens is 2. The summed E-state index contributed by atoms with van der Waals surface area (Å²) >= 11 is 2.92. The van der Waals surface area contributed by atoms with E-state index >= 15 is 0 Å². The van der Waals surface area contributed by atoms with Crippen LogP contribution in [0.2, 0.25) is 0 Å². The minimum atomic E-state index is -0.190. The largest absolute Gasteiger partial charge is 0.355 e. The van der Waals surface area contributed by atoms with E-state index < -0.39 is 0 Å². The zero-order valence-electron chi connectivity index (χ0n) is 15.8. The molecule has 0 saturated heterocycles. The maximum atomic E-state index is 12.3. The quantitative estimate of drug-likeness (QED) is 0.476. The van der Waals surface area contributed by atoms with Gasteiger partial charge in [-0.3, -0.25) is 4.79 Å². The van der Waals surface area contributed by atoms with Gasteiger partial charge in [-0.15, -0.1) is 10.2 Å². The number of hydrogen-bond donors (Lipinski definition) is 2. The van der Waals surface area contributed by atoms with Crippen LogP contribution in [0.25, 0.3) is 0 Å². The Hall–Kier alpha value is -1.86. The van der Waals surface area contributed by atoms with E-state index in [2.05, 4.69) is 46.0 Å². The van der Waals surface area contributed by atoms with E-state index in [1.807, 2.05) is 19.1 Å². The molecule has 0 unspecified atom stereocenters. The third-order valence-electron chi connectivity index (χ3n) is 4.45. The van der Waals surface area contributed by atoms with Crippen LogP contribution in [0.15, 0.2) is 40.3 Å². The van der Waals surface area contributed by atoms with Crippen molar-refractivity contribution >= 4 is 39.8 Å². The Bertz CT molecular complexity index is 803. The predicted molar refractivity (Wildman–Crippen MR) is 114 cm³/mol. The number of aryl methyl sites for hydroxylation is 1. The van der Waals surface area contributed by atoms with Crippen molar-refractivity contribution in [1.82, 2.24) is 15.5 Å². The van der Waals surface area contributed by atoms with E-state index in [0.29, 0.717) is 6.54 Å². The molecule has 0 spiro atoms. The predicted octanol–water partition coefficient (Wildman–Crippen LogP) is 5.08. The van der Waals surface area contributed by atoms with Gasteiger partial charge < -0.3 is 10.6 Å². The van der Waals surface area contributed by atoms with Gasteiger partial charge in [0.25, 0.3) is 0 Å². The van der Waals surface area contributed by atoms with E-state index in [0.717, 1.165) is 21.6 Å². The SMILES string of the molecule is Cc1cccc(Nc2nnc(S[C@@H](C)C(=O)NCCC3=CCCCC3)s2)c1. The molecule has 3 rings (SSSR count). The van der Waals surface area contributed by atoms with Gasteiger partial charge in [0, 0.05) is 12.2 Å². The zero-order chi connectivity index (χ0) is 19.1. The summed E-state index contributed by atoms with van der Waals surface area (Å²) < 4.78 is 0.794. The third-order valence-corrected chi connectivity index (χ3v) is 6.48. The van der Waals surface area contributed by atoms with Crippen LogP contribution in [0.1, 0.15) is 44.6 Å². The number of amides is 1. The molecule has 1 amide bonds. The highest BCUT2D eigenvalue weighted by molar-refractivity contribution is 8.02. The van der Waals surface area contributed by atoms with Crippen molar-refractivity contribution in [3.63, 3.8) is 0 Å². The molecule has 0 bridgehead atoms. The molecule has 5 nitrogen and oxygen atoms in total. The fourth-order valence-corrected chi connectivity index (χ4v) is 4.92. The number of anilines is 2. The molecule has 0 radical (unpaired) electrons. The first-order valence-electron chi connectivity index (χ1n) is 9.39. The second-order valence-corrected chi connectivity index (χ2v) is 9.34. The van der Waals surface area contributed by atoms with Crippen LogP contribution in [-0.2, 0) is 4.79 Å². The molecule has 27 heavy (non-hydrogen) atoms. The molecule has 1 aromatic carbocycles. The molecule has 2 aromatic rings. The van der Waals surface area contributed by atoms with Gasteiger partial charge in [-0.05, 0) is 63.6 Å². The Morgan fingerprint density at radius 2 is 2.22 bits per heavy atom. The maximum Gasteiger partial charge on any atom is 0.233 e. The number of allylic oxidation sites excluding steroid dienone is 1. The van der Waals surface area contributed by atoms with Crippen molar-refractivity contribution < 1.29 is 4.79 Å². The first-order valence-corrected chi connectivity index (χ1v) is 11.1. The number of rotatable bonds is 8. The Balaban J connectivity index is 1.44. The number of carbonyl (C=O) groups excluding carboxylic acids is 1. The minimum absolute atomic E-state index is 0.0554. The van der Waals surface area contributed by atoms with E-state index in [9.17, 15) is 4.79 Å². The van der Waals surface area contributed by atoms with Gasteiger partial charge >= 0.3 is 0 Å². The summed E-state index contributed by atoms with van der Waals surface area (Å²) in [5, 5.41) is 15.2. The van der Waals surface area contributed by atoms with Crippen molar-refractivity contribution in [2.45, 2.75) is 55.5 Å². The molecule has 1 aliphatic carbocycles. The molecule has 1 aromatic heterocycles. The van der Waals surface area contributed by atoms with Gasteiger partial charge in [0.1, 0.15) is 0 Å². The van der Waals surface area contributed by atoms with Crippen LogP contribution < -0.4 is 10.6 Å². The molecule has 1 heterocycles. The van der Waals surface area contributed by atoms with Crippen LogP contribution in [0, 0.1) is 6.92 Å². The molecular weight excluding hydrogens is 376 g/mol. The topological polar surface area (TPSA) is 66.9 Å². The van der Waals surface area contributed by atoms with Gasteiger partial charge in [-0.25, -0.2) is 0 Å². The molecule has 0 fully saturated rings. The molecule has 1 aliphatic rings. The number of nitrogens with zero attached hydrogens (tertiary/aromatic N) is 2. The highest BCUT2D eigenvalue weighted by Gasteiger charge is 2.17. The molecule has 0 saturated carbocycles. The summed E-state index contributed by atoms with van der Waals surface area (Å²) in [4.78, 5) is 12.3. The molecule has 1 atom stereocenters. The van der Waals surface area contributed by atoms with E-state index in [1.165, 1.54) is 59.9 Å². The highest BCUT2D eigenvalue weighted by Crippen LogP contribution is 2.30. The van der Waals surface area contributed by atoms with Gasteiger partial charge in [0.15, 0.2) is 4.34 Å². The summed E-state index contributed by atoms with van der Waals surface area (Å²) in [6.07, 6.45) is 8.24. The third kappa shape index (κ3) is 6.36.